The maximum atomic E-state index is 5.52. The van der Waals surface area contributed by atoms with Crippen molar-refractivity contribution < 1.29 is 20.1 Å². The summed E-state index contributed by atoms with van der Waals surface area (Å²) < 4.78 is 0. The van der Waals surface area contributed by atoms with Gasteiger partial charge in [-0.1, -0.05) is 18.5 Å². The normalized spacial score (nSPS) is 14.3. The van der Waals surface area contributed by atoms with Crippen molar-refractivity contribution in [2.75, 3.05) is 18.1 Å². The number of hydrogen-bond acceptors (Lipinski definition) is 3. The van der Waals surface area contributed by atoms with Crippen LogP contribution < -0.4 is 10.7 Å². The van der Waals surface area contributed by atoms with Crippen LogP contribution >= 0.6 is 0 Å². The molecule has 1 aromatic carbocycles. The molecule has 0 saturated heterocycles. The molecule has 1 aliphatic rings. The Balaban J connectivity index is 0.00000112. The first kappa shape index (κ1) is 12.2. The monoisotopic (exact) mass is 382 g/mol. The first-order valence-electron chi connectivity index (χ1n) is 4.66. The molecule has 2 rings (SSSR count). The Bertz CT molecular complexity index is 323. The largest absolute Gasteiger partial charge is 0.469 e. The number of anilines is 1. The van der Waals surface area contributed by atoms with Gasteiger partial charge in [0, 0.05) is 38.9 Å². The molecule has 0 bridgehead atoms. The van der Waals surface area contributed by atoms with E-state index in [0.29, 0.717) is 6.54 Å². The molecular weight excluding hydrogens is 368 g/mol. The Morgan fingerprint density at radius 1 is 1.33 bits per heavy atom. The van der Waals surface area contributed by atoms with Gasteiger partial charge in [-0.25, -0.2) is 0 Å². The van der Waals surface area contributed by atoms with E-state index < -0.39 is 0 Å². The number of nitrogens with two attached hydrogens (primary N) is 1. The van der Waals surface area contributed by atoms with E-state index in [1.165, 1.54) is 0 Å². The summed E-state index contributed by atoms with van der Waals surface area (Å²) in [5, 5.41) is 10.1. The molecule has 0 atom stereocenters. The number of rotatable bonds is 2. The van der Waals surface area contributed by atoms with E-state index in [1.807, 2.05) is 29.3 Å². The Labute approximate surface area is 103 Å². The van der Waals surface area contributed by atoms with Crippen LogP contribution in [0.25, 0.3) is 5.32 Å². The van der Waals surface area contributed by atoms with Crippen LogP contribution in [-0.4, -0.2) is 19.4 Å². The molecular formula is C10H13IrN4-. The summed E-state index contributed by atoms with van der Waals surface area (Å²) in [5.74, 6) is 0. The van der Waals surface area contributed by atoms with Crippen LogP contribution in [-0.2, 0) is 26.7 Å². The van der Waals surface area contributed by atoms with Gasteiger partial charge in [-0.3, -0.25) is 0 Å². The second-order valence-corrected chi connectivity index (χ2v) is 3.13. The van der Waals surface area contributed by atoms with E-state index in [-0.39, 0.29) is 20.1 Å². The first-order valence-corrected chi connectivity index (χ1v) is 4.66. The topological polar surface area (TPSA) is 55.7 Å². The molecule has 0 aliphatic carbocycles. The third-order valence-electron chi connectivity index (χ3n) is 2.18. The molecule has 1 aromatic rings. The Morgan fingerprint density at radius 3 is 2.60 bits per heavy atom. The standard InChI is InChI=1S/C10H13N4.Ir/c11-7-9-1-3-10(4-2-9)14-6-5-12-8-13-14;/h1-4,8H,5-7,11H2;/q-1;. The van der Waals surface area contributed by atoms with E-state index in [1.54, 1.807) is 6.34 Å². The van der Waals surface area contributed by atoms with Crippen LogP contribution in [0, 0.1) is 0 Å². The zero-order valence-corrected chi connectivity index (χ0v) is 10.7. The van der Waals surface area contributed by atoms with Crippen LogP contribution in [0.5, 0.6) is 0 Å². The van der Waals surface area contributed by atoms with E-state index in [0.717, 1.165) is 24.3 Å². The van der Waals surface area contributed by atoms with E-state index in [4.69, 9.17) is 5.73 Å². The Kier molecular flexibility index (Phi) is 4.75. The maximum absolute atomic E-state index is 5.52. The molecule has 83 valence electrons. The van der Waals surface area contributed by atoms with Crippen molar-refractivity contribution in [2.24, 2.45) is 10.8 Å². The predicted molar refractivity (Wildman–Crippen MR) is 58.4 cm³/mol. The fourth-order valence-electron chi connectivity index (χ4n) is 1.37. The fraction of sp³-hybridized carbons (Fsp3) is 0.300. The molecule has 1 aliphatic heterocycles. The summed E-state index contributed by atoms with van der Waals surface area (Å²) in [6.45, 7) is 2.24. The first-order chi connectivity index (χ1) is 6.90. The Morgan fingerprint density at radius 2 is 2.07 bits per heavy atom. The average Bonchev–Trinajstić information content (AvgIpc) is 2.30. The van der Waals surface area contributed by atoms with Crippen LogP contribution in [0.2, 0.25) is 0 Å². The summed E-state index contributed by atoms with van der Waals surface area (Å²) in [6.07, 6.45) is 1.60. The number of benzene rings is 1. The second-order valence-electron chi connectivity index (χ2n) is 3.13. The maximum Gasteiger partial charge on any atom is 0.0396 e. The van der Waals surface area contributed by atoms with Gasteiger partial charge in [0.2, 0.25) is 0 Å². The van der Waals surface area contributed by atoms with Gasteiger partial charge in [0.05, 0.1) is 0 Å². The minimum Gasteiger partial charge on any atom is -0.469 e. The van der Waals surface area contributed by atoms with Gasteiger partial charge >= 0.3 is 0 Å². The second kappa shape index (κ2) is 5.85. The summed E-state index contributed by atoms with van der Waals surface area (Å²) in [4.78, 5) is 0. The number of hydrazone groups is 1. The predicted octanol–water partition coefficient (Wildman–Crippen LogP) is 1.28. The third kappa shape index (κ3) is 3.02. The molecule has 15 heavy (non-hydrogen) atoms. The minimum atomic E-state index is 0. The van der Waals surface area contributed by atoms with E-state index in [9.17, 15) is 0 Å². The Hall–Kier alpha value is -0.901. The van der Waals surface area contributed by atoms with Crippen LogP contribution in [0.15, 0.2) is 29.4 Å². The van der Waals surface area contributed by atoms with Crippen molar-refractivity contribution in [3.05, 3.63) is 35.1 Å². The van der Waals surface area contributed by atoms with Gasteiger partial charge < -0.3 is 21.2 Å². The summed E-state index contributed by atoms with van der Waals surface area (Å²) >= 11 is 0. The molecule has 0 saturated carbocycles. The van der Waals surface area contributed by atoms with Crippen molar-refractivity contribution >= 4 is 12.0 Å². The smallest absolute Gasteiger partial charge is 0.0396 e. The van der Waals surface area contributed by atoms with Crippen molar-refractivity contribution in [1.82, 2.24) is 0 Å². The van der Waals surface area contributed by atoms with Gasteiger partial charge in [-0.05, 0) is 24.2 Å². The molecule has 1 heterocycles. The van der Waals surface area contributed by atoms with Gasteiger partial charge in [-0.15, -0.1) is 0 Å². The molecule has 5 heteroatoms. The van der Waals surface area contributed by atoms with Crippen molar-refractivity contribution in [2.45, 2.75) is 6.54 Å². The van der Waals surface area contributed by atoms with E-state index >= 15 is 0 Å². The summed E-state index contributed by atoms with van der Waals surface area (Å²) in [7, 11) is 0. The number of hydrogen-bond donors (Lipinski definition) is 1. The van der Waals surface area contributed by atoms with Gasteiger partial charge in [0.15, 0.2) is 0 Å². The van der Waals surface area contributed by atoms with Crippen molar-refractivity contribution in [1.29, 1.82) is 0 Å². The van der Waals surface area contributed by atoms with Crippen LogP contribution in [0.4, 0.5) is 5.69 Å². The zero-order chi connectivity index (χ0) is 9.80. The minimum absolute atomic E-state index is 0. The molecule has 0 fully saturated rings. The van der Waals surface area contributed by atoms with Crippen molar-refractivity contribution in [3.8, 4) is 0 Å². The van der Waals surface area contributed by atoms with E-state index in [2.05, 4.69) is 10.4 Å². The zero-order valence-electron chi connectivity index (χ0n) is 8.26. The van der Waals surface area contributed by atoms with Crippen LogP contribution in [0.1, 0.15) is 5.56 Å². The van der Waals surface area contributed by atoms with Gasteiger partial charge in [0.1, 0.15) is 0 Å². The fourth-order valence-corrected chi connectivity index (χ4v) is 1.37. The molecule has 2 N–H and O–H groups in total. The number of nitrogens with zero attached hydrogens (tertiary/aromatic N) is 3. The molecule has 0 aromatic heterocycles. The molecule has 0 unspecified atom stereocenters. The quantitative estimate of drug-likeness (QED) is 0.839. The summed E-state index contributed by atoms with van der Waals surface area (Å²) in [5.41, 5.74) is 7.75. The van der Waals surface area contributed by atoms with Crippen molar-refractivity contribution in [3.63, 3.8) is 0 Å². The molecule has 0 spiro atoms. The third-order valence-corrected chi connectivity index (χ3v) is 2.18. The van der Waals surface area contributed by atoms with Gasteiger partial charge in [0.25, 0.3) is 0 Å². The molecule has 0 amide bonds. The average molecular weight is 381 g/mol. The van der Waals surface area contributed by atoms with Crippen LogP contribution in [0.3, 0.4) is 0 Å². The molecule has 4 nitrogen and oxygen atoms in total. The molecule has 1 radical (unpaired) electrons. The van der Waals surface area contributed by atoms with Gasteiger partial charge in [-0.2, -0.15) is 0 Å². The summed E-state index contributed by atoms with van der Waals surface area (Å²) in [6, 6.07) is 8.11. The SMILES string of the molecule is NCc1ccc(N2CC[N-]C=N2)cc1.[Ir].